The van der Waals surface area contributed by atoms with Gasteiger partial charge in [0.2, 0.25) is 10.0 Å². The van der Waals surface area contributed by atoms with E-state index in [0.29, 0.717) is 37.8 Å². The Morgan fingerprint density at radius 1 is 1.16 bits per heavy atom. The van der Waals surface area contributed by atoms with Gasteiger partial charge in [0, 0.05) is 45.2 Å². The third kappa shape index (κ3) is 4.29. The second kappa shape index (κ2) is 8.54. The molecule has 2 aromatic rings. The van der Waals surface area contributed by atoms with Gasteiger partial charge >= 0.3 is 0 Å². The smallest absolute Gasteiger partial charge is 0.293 e. The molecule has 2 aliphatic heterocycles. The third-order valence-electron chi connectivity index (χ3n) is 6.40. The van der Waals surface area contributed by atoms with Gasteiger partial charge in [-0.3, -0.25) is 10.1 Å². The maximum absolute atomic E-state index is 13.1. The molecular formula is C20H28N6O4S. The summed E-state index contributed by atoms with van der Waals surface area (Å²) in [5.41, 5.74) is 0.271. The maximum atomic E-state index is 13.1. The lowest BCUT2D eigenvalue weighted by atomic mass is 9.96. The van der Waals surface area contributed by atoms with Gasteiger partial charge in [-0.15, -0.1) is 10.2 Å². The van der Waals surface area contributed by atoms with E-state index in [1.54, 1.807) is 12.4 Å². The van der Waals surface area contributed by atoms with E-state index in [0.717, 1.165) is 31.5 Å². The minimum atomic E-state index is -3.75. The molecule has 11 heteroatoms. The summed E-state index contributed by atoms with van der Waals surface area (Å²) < 4.78 is 29.5. The number of piperidine rings is 2. The highest BCUT2D eigenvalue weighted by Crippen LogP contribution is 2.36. The van der Waals surface area contributed by atoms with Crippen molar-refractivity contribution in [2.24, 2.45) is 13.0 Å². The van der Waals surface area contributed by atoms with Crippen molar-refractivity contribution in [2.45, 2.75) is 43.4 Å². The van der Waals surface area contributed by atoms with Crippen LogP contribution in [0, 0.1) is 16.0 Å². The van der Waals surface area contributed by atoms with Crippen LogP contribution in [0.5, 0.6) is 0 Å². The lowest BCUT2D eigenvalue weighted by Crippen LogP contribution is -2.38. The molecule has 0 spiro atoms. The Balaban J connectivity index is 1.62. The quantitative estimate of drug-likeness (QED) is 0.510. The van der Waals surface area contributed by atoms with Crippen LogP contribution in [-0.4, -0.2) is 58.6 Å². The minimum absolute atomic E-state index is 0.0145. The summed E-state index contributed by atoms with van der Waals surface area (Å²) >= 11 is 0. The Kier molecular flexibility index (Phi) is 5.98. The van der Waals surface area contributed by atoms with E-state index in [1.807, 2.05) is 16.5 Å². The molecule has 1 aromatic heterocycles. The first-order chi connectivity index (χ1) is 14.8. The number of aryl methyl sites for hydroxylation is 1. The first kappa shape index (κ1) is 21.7. The Labute approximate surface area is 182 Å². The van der Waals surface area contributed by atoms with Crippen LogP contribution in [0.4, 0.5) is 11.4 Å². The molecule has 0 N–H and O–H groups in total. The number of anilines is 1. The summed E-state index contributed by atoms with van der Waals surface area (Å²) in [5.74, 6) is 1.45. The molecule has 0 amide bonds. The number of hydrogen-bond acceptors (Lipinski definition) is 7. The van der Waals surface area contributed by atoms with Crippen molar-refractivity contribution >= 4 is 21.4 Å². The van der Waals surface area contributed by atoms with Crippen molar-refractivity contribution in [1.82, 2.24) is 19.1 Å². The predicted octanol–water partition coefficient (Wildman–Crippen LogP) is 2.53. The van der Waals surface area contributed by atoms with Crippen LogP contribution in [-0.2, 0) is 17.1 Å². The molecule has 2 aliphatic rings. The molecule has 4 rings (SSSR count). The number of rotatable bonds is 5. The number of nitro benzene ring substituents is 1. The highest BCUT2D eigenvalue weighted by atomic mass is 32.2. The molecule has 2 fully saturated rings. The number of hydrogen-bond donors (Lipinski definition) is 0. The van der Waals surface area contributed by atoms with Crippen molar-refractivity contribution in [3.63, 3.8) is 0 Å². The second-order valence-corrected chi connectivity index (χ2v) is 10.5. The number of nitrogens with zero attached hydrogens (tertiary/aromatic N) is 6. The Hall–Kier alpha value is -2.53. The molecule has 168 valence electrons. The lowest BCUT2D eigenvalue weighted by Gasteiger charge is -2.33. The maximum Gasteiger partial charge on any atom is 0.293 e. The fraction of sp³-hybridized carbons (Fsp3) is 0.600. The number of benzene rings is 1. The van der Waals surface area contributed by atoms with E-state index < -0.39 is 14.9 Å². The molecule has 3 heterocycles. The van der Waals surface area contributed by atoms with Gasteiger partial charge in [0.15, 0.2) is 0 Å². The SMILES string of the molecule is CC1CCN(S(=O)(=O)c2ccc(N3CCCC(c4nncn4C)C3)c([N+](=O)[O-])c2)CC1. The van der Waals surface area contributed by atoms with Crippen LogP contribution in [0.2, 0.25) is 0 Å². The highest BCUT2D eigenvalue weighted by Gasteiger charge is 2.32. The van der Waals surface area contributed by atoms with Crippen LogP contribution < -0.4 is 4.90 Å². The van der Waals surface area contributed by atoms with Crippen LogP contribution in [0.15, 0.2) is 29.4 Å². The van der Waals surface area contributed by atoms with Gasteiger partial charge in [-0.2, -0.15) is 4.31 Å². The van der Waals surface area contributed by atoms with Crippen LogP contribution in [0.1, 0.15) is 44.3 Å². The van der Waals surface area contributed by atoms with Crippen molar-refractivity contribution in [3.8, 4) is 0 Å². The molecule has 10 nitrogen and oxygen atoms in total. The number of nitro groups is 1. The van der Waals surface area contributed by atoms with Crippen molar-refractivity contribution < 1.29 is 13.3 Å². The molecule has 0 radical (unpaired) electrons. The third-order valence-corrected chi connectivity index (χ3v) is 8.29. The summed E-state index contributed by atoms with van der Waals surface area (Å²) in [7, 11) is -1.87. The normalized spacial score (nSPS) is 21.4. The summed E-state index contributed by atoms with van der Waals surface area (Å²) in [4.78, 5) is 13.3. The summed E-state index contributed by atoms with van der Waals surface area (Å²) in [6.07, 6.45) is 5.04. The zero-order valence-electron chi connectivity index (χ0n) is 17.8. The molecule has 1 unspecified atom stereocenters. The molecule has 31 heavy (non-hydrogen) atoms. The predicted molar refractivity (Wildman–Crippen MR) is 115 cm³/mol. The first-order valence-electron chi connectivity index (χ1n) is 10.6. The minimum Gasteiger partial charge on any atom is -0.365 e. The fourth-order valence-corrected chi connectivity index (χ4v) is 6.01. The summed E-state index contributed by atoms with van der Waals surface area (Å²) in [6.45, 7) is 4.25. The van der Waals surface area contributed by atoms with Crippen LogP contribution >= 0.6 is 0 Å². The molecule has 0 saturated carbocycles. The van der Waals surface area contributed by atoms with Crippen molar-refractivity contribution in [3.05, 3.63) is 40.5 Å². The lowest BCUT2D eigenvalue weighted by molar-refractivity contribution is -0.384. The fourth-order valence-electron chi connectivity index (χ4n) is 4.52. The van der Waals surface area contributed by atoms with Gasteiger partial charge in [-0.1, -0.05) is 6.92 Å². The largest absolute Gasteiger partial charge is 0.365 e. The number of sulfonamides is 1. The molecule has 1 atom stereocenters. The van der Waals surface area contributed by atoms with Crippen LogP contribution in [0.3, 0.4) is 0 Å². The molecule has 2 saturated heterocycles. The van der Waals surface area contributed by atoms with E-state index in [2.05, 4.69) is 17.1 Å². The van der Waals surface area contributed by atoms with Gasteiger partial charge in [0.25, 0.3) is 5.69 Å². The topological polar surface area (TPSA) is 114 Å². The standard InChI is InChI=1S/C20H28N6O4S/c1-15-7-10-25(11-8-15)31(29,30)17-5-6-18(19(12-17)26(27)28)24-9-3-4-16(13-24)20-22-21-14-23(20)2/h5-6,12,14-16H,3-4,7-11,13H2,1-2H3. The zero-order valence-corrected chi connectivity index (χ0v) is 18.7. The van der Waals surface area contributed by atoms with Gasteiger partial charge < -0.3 is 9.47 Å². The zero-order chi connectivity index (χ0) is 22.2. The van der Waals surface area contributed by atoms with Crippen LogP contribution in [0.25, 0.3) is 0 Å². The van der Waals surface area contributed by atoms with Gasteiger partial charge in [-0.05, 0) is 43.7 Å². The second-order valence-electron chi connectivity index (χ2n) is 8.58. The van der Waals surface area contributed by atoms with E-state index in [-0.39, 0.29) is 16.5 Å². The van der Waals surface area contributed by atoms with E-state index in [9.17, 15) is 18.5 Å². The molecular weight excluding hydrogens is 420 g/mol. The molecule has 0 aliphatic carbocycles. The van der Waals surface area contributed by atoms with Crippen molar-refractivity contribution in [2.75, 3.05) is 31.1 Å². The molecule has 1 aromatic carbocycles. The van der Waals surface area contributed by atoms with Gasteiger partial charge in [0.05, 0.1) is 9.82 Å². The van der Waals surface area contributed by atoms with Gasteiger partial charge in [0.1, 0.15) is 17.8 Å². The summed E-state index contributed by atoms with van der Waals surface area (Å²) in [5, 5.41) is 20.0. The van der Waals surface area contributed by atoms with Crippen molar-refractivity contribution in [1.29, 1.82) is 0 Å². The summed E-state index contributed by atoms with van der Waals surface area (Å²) in [6, 6.07) is 4.30. The van der Waals surface area contributed by atoms with Gasteiger partial charge in [-0.25, -0.2) is 8.42 Å². The van der Waals surface area contributed by atoms with E-state index in [1.165, 1.54) is 16.4 Å². The monoisotopic (exact) mass is 448 g/mol. The van der Waals surface area contributed by atoms with E-state index in [4.69, 9.17) is 0 Å². The average molecular weight is 449 g/mol. The Morgan fingerprint density at radius 2 is 1.90 bits per heavy atom. The Bertz CT molecular complexity index is 1060. The number of aromatic nitrogens is 3. The first-order valence-corrected chi connectivity index (χ1v) is 12.1. The van der Waals surface area contributed by atoms with E-state index >= 15 is 0 Å². The average Bonchev–Trinajstić information content (AvgIpc) is 3.19. The molecule has 0 bridgehead atoms. The Morgan fingerprint density at radius 3 is 2.55 bits per heavy atom. The highest BCUT2D eigenvalue weighted by molar-refractivity contribution is 7.89.